The fourth-order valence-electron chi connectivity index (χ4n) is 9.51. The van der Waals surface area contributed by atoms with Crippen LogP contribution < -0.4 is 0 Å². The molecule has 0 unspecified atom stereocenters. The van der Waals surface area contributed by atoms with Gasteiger partial charge in [-0.15, -0.1) is 0 Å². The van der Waals surface area contributed by atoms with Crippen molar-refractivity contribution < 1.29 is 19.1 Å². The van der Waals surface area contributed by atoms with Gasteiger partial charge in [0.1, 0.15) is 12.2 Å². The van der Waals surface area contributed by atoms with Gasteiger partial charge in [-0.25, -0.2) is 0 Å². The second-order valence-corrected chi connectivity index (χ2v) is 12.6. The number of hydrogen-bond donors (Lipinski definition) is 0. The number of carbonyl (C=O) groups is 2. The summed E-state index contributed by atoms with van der Waals surface area (Å²) >= 11 is 0. The van der Waals surface area contributed by atoms with Crippen molar-refractivity contribution in [2.75, 3.05) is 13.1 Å². The van der Waals surface area contributed by atoms with E-state index < -0.39 is 0 Å². The van der Waals surface area contributed by atoms with Gasteiger partial charge >= 0.3 is 11.9 Å². The molecule has 0 N–H and O–H groups in total. The van der Waals surface area contributed by atoms with Gasteiger partial charge in [0.2, 0.25) is 0 Å². The first-order valence-electron chi connectivity index (χ1n) is 13.8. The molecule has 5 aliphatic rings. The zero-order valence-electron chi connectivity index (χ0n) is 21.3. The van der Waals surface area contributed by atoms with Crippen molar-refractivity contribution in [3.63, 3.8) is 0 Å². The van der Waals surface area contributed by atoms with E-state index in [2.05, 4.69) is 18.7 Å². The number of nitrogens with zero attached hydrogens (tertiary/aromatic N) is 1. The van der Waals surface area contributed by atoms with E-state index in [0.717, 1.165) is 37.8 Å². The lowest BCUT2D eigenvalue weighted by Gasteiger charge is -2.60. The van der Waals surface area contributed by atoms with E-state index in [-0.39, 0.29) is 29.6 Å². The fraction of sp³-hybridized carbons (Fsp3) is 0.929. The molecule has 33 heavy (non-hydrogen) atoms. The first kappa shape index (κ1) is 23.6. The van der Waals surface area contributed by atoms with Gasteiger partial charge in [0.05, 0.1) is 0 Å². The molecule has 0 radical (unpaired) electrons. The summed E-state index contributed by atoms with van der Waals surface area (Å²) in [5, 5.41) is 0. The SMILES string of the molecule is CC(=O)O[C@H]1CC[C@@]2(C)[C@@H](CC[C@@H]3[C@@H]2CC[C@@]2(C)[C@H]3C[C@H](N3CCCCC3)[C@@H]2OC(C)=O)C1. The number of likely N-dealkylation sites (tertiary alicyclic amines) is 1. The topological polar surface area (TPSA) is 55.8 Å². The van der Waals surface area contributed by atoms with Crippen LogP contribution in [0.4, 0.5) is 0 Å². The van der Waals surface area contributed by atoms with Crippen molar-refractivity contribution in [1.29, 1.82) is 0 Å². The highest BCUT2D eigenvalue weighted by atomic mass is 16.5. The van der Waals surface area contributed by atoms with Crippen molar-refractivity contribution in [2.24, 2.45) is 34.5 Å². The lowest BCUT2D eigenvalue weighted by Crippen LogP contribution is -2.55. The van der Waals surface area contributed by atoms with Crippen molar-refractivity contribution in [1.82, 2.24) is 4.90 Å². The van der Waals surface area contributed by atoms with E-state index in [1.165, 1.54) is 57.8 Å². The first-order valence-corrected chi connectivity index (χ1v) is 13.8. The molecule has 0 spiro atoms. The Labute approximate surface area is 200 Å². The lowest BCUT2D eigenvalue weighted by molar-refractivity contribution is -0.170. The van der Waals surface area contributed by atoms with E-state index >= 15 is 0 Å². The Kier molecular flexibility index (Phi) is 6.33. The Morgan fingerprint density at radius 1 is 0.788 bits per heavy atom. The van der Waals surface area contributed by atoms with Gasteiger partial charge in [-0.2, -0.15) is 0 Å². The maximum Gasteiger partial charge on any atom is 0.302 e. The molecule has 0 amide bonds. The number of rotatable bonds is 3. The minimum atomic E-state index is -0.128. The molecule has 0 aromatic rings. The van der Waals surface area contributed by atoms with Crippen LogP contribution >= 0.6 is 0 Å². The summed E-state index contributed by atoms with van der Waals surface area (Å²) in [7, 11) is 0. The molecular formula is C28H45NO4. The zero-order valence-corrected chi connectivity index (χ0v) is 21.3. The highest BCUT2D eigenvalue weighted by molar-refractivity contribution is 5.66. The quantitative estimate of drug-likeness (QED) is 0.532. The monoisotopic (exact) mass is 459 g/mol. The van der Waals surface area contributed by atoms with Crippen LogP contribution in [0.5, 0.6) is 0 Å². The zero-order chi connectivity index (χ0) is 23.4. The Morgan fingerprint density at radius 2 is 1.48 bits per heavy atom. The Bertz CT molecular complexity index is 763. The molecular weight excluding hydrogens is 414 g/mol. The predicted octanol–water partition coefficient (Wildman–Crippen LogP) is 5.36. The smallest absolute Gasteiger partial charge is 0.302 e. The van der Waals surface area contributed by atoms with E-state index in [0.29, 0.717) is 23.3 Å². The standard InChI is InChI=1S/C28H45NO4/c1-18(30)32-21-10-12-27(3)20(16-21)8-9-22-23(27)11-13-28(4)24(22)17-25(26(28)33-19(2)31)29-14-6-5-7-15-29/h20-26H,5-17H2,1-4H3/t20-,21-,22+,23-,24-,25-,26-,27-,28-/m0/s1. The number of fused-ring (bicyclic) bond motifs is 5. The third kappa shape index (κ3) is 4.04. The third-order valence-corrected chi connectivity index (χ3v) is 11.0. The van der Waals surface area contributed by atoms with Gasteiger partial charge in [-0.3, -0.25) is 14.5 Å². The van der Waals surface area contributed by atoms with Crippen molar-refractivity contribution in [2.45, 2.75) is 117 Å². The van der Waals surface area contributed by atoms with Crippen molar-refractivity contribution in [3.05, 3.63) is 0 Å². The fourth-order valence-corrected chi connectivity index (χ4v) is 9.51. The summed E-state index contributed by atoms with van der Waals surface area (Å²) < 4.78 is 11.8. The predicted molar refractivity (Wildman–Crippen MR) is 127 cm³/mol. The molecule has 1 aliphatic heterocycles. The molecule has 1 saturated heterocycles. The molecule has 5 heteroatoms. The van der Waals surface area contributed by atoms with Crippen molar-refractivity contribution >= 4 is 11.9 Å². The van der Waals surface area contributed by atoms with Crippen LogP contribution in [0, 0.1) is 34.5 Å². The Hall–Kier alpha value is -1.10. The van der Waals surface area contributed by atoms with Gasteiger partial charge in [0.25, 0.3) is 0 Å². The van der Waals surface area contributed by atoms with Crippen LogP contribution in [0.25, 0.3) is 0 Å². The molecule has 5 fully saturated rings. The molecule has 1 heterocycles. The molecule has 0 aromatic carbocycles. The summed E-state index contributed by atoms with van der Waals surface area (Å²) in [5.41, 5.74) is 0.466. The number of piperidine rings is 1. The number of carbonyl (C=O) groups excluding carboxylic acids is 2. The summed E-state index contributed by atoms with van der Waals surface area (Å²) in [5.74, 6) is 2.58. The molecule has 9 atom stereocenters. The normalized spacial score (nSPS) is 47.7. The molecule has 5 nitrogen and oxygen atoms in total. The average Bonchev–Trinajstić information content (AvgIpc) is 3.06. The van der Waals surface area contributed by atoms with E-state index in [4.69, 9.17) is 9.47 Å². The average molecular weight is 460 g/mol. The minimum absolute atomic E-state index is 0.0456. The van der Waals surface area contributed by atoms with Gasteiger partial charge in [-0.05, 0) is 106 Å². The molecule has 4 saturated carbocycles. The van der Waals surface area contributed by atoms with Gasteiger partial charge in [-0.1, -0.05) is 20.3 Å². The highest BCUT2D eigenvalue weighted by Gasteiger charge is 2.64. The largest absolute Gasteiger partial charge is 0.463 e. The number of ether oxygens (including phenoxy) is 2. The first-order chi connectivity index (χ1) is 15.7. The maximum atomic E-state index is 12.2. The van der Waals surface area contributed by atoms with Crippen LogP contribution in [0.15, 0.2) is 0 Å². The molecule has 5 rings (SSSR count). The maximum absolute atomic E-state index is 12.2. The van der Waals surface area contributed by atoms with Crippen LogP contribution in [0.1, 0.15) is 98.3 Å². The summed E-state index contributed by atoms with van der Waals surface area (Å²) in [6, 6.07) is 0.396. The van der Waals surface area contributed by atoms with Gasteiger partial charge in [0, 0.05) is 25.3 Å². The van der Waals surface area contributed by atoms with E-state index in [9.17, 15) is 9.59 Å². The Balaban J connectivity index is 1.38. The molecule has 186 valence electrons. The number of hydrogen-bond acceptors (Lipinski definition) is 5. The lowest BCUT2D eigenvalue weighted by atomic mass is 9.45. The van der Waals surface area contributed by atoms with Crippen LogP contribution in [0.2, 0.25) is 0 Å². The number of esters is 2. The van der Waals surface area contributed by atoms with Gasteiger partial charge < -0.3 is 9.47 Å². The second kappa shape index (κ2) is 8.84. The minimum Gasteiger partial charge on any atom is -0.463 e. The third-order valence-electron chi connectivity index (χ3n) is 11.0. The Morgan fingerprint density at radius 3 is 2.18 bits per heavy atom. The van der Waals surface area contributed by atoms with Crippen LogP contribution in [-0.2, 0) is 19.1 Å². The second-order valence-electron chi connectivity index (χ2n) is 12.6. The summed E-state index contributed by atoms with van der Waals surface area (Å²) in [6.07, 6.45) is 13.5. The van der Waals surface area contributed by atoms with Crippen molar-refractivity contribution in [3.8, 4) is 0 Å². The van der Waals surface area contributed by atoms with E-state index in [1.807, 2.05) is 0 Å². The highest BCUT2D eigenvalue weighted by Crippen LogP contribution is 2.67. The summed E-state index contributed by atoms with van der Waals surface area (Å²) in [4.78, 5) is 26.4. The van der Waals surface area contributed by atoms with Crippen LogP contribution in [0.3, 0.4) is 0 Å². The summed E-state index contributed by atoms with van der Waals surface area (Å²) in [6.45, 7) is 10.5. The molecule has 0 aromatic heterocycles. The molecule has 0 bridgehead atoms. The molecule has 4 aliphatic carbocycles. The van der Waals surface area contributed by atoms with Gasteiger partial charge in [0.15, 0.2) is 0 Å². The van der Waals surface area contributed by atoms with Crippen LogP contribution in [-0.4, -0.2) is 48.2 Å². The van der Waals surface area contributed by atoms with E-state index in [1.54, 1.807) is 13.8 Å².